The summed E-state index contributed by atoms with van der Waals surface area (Å²) in [5.74, 6) is -0.752. The molecular formula is C8H5ClN4O2. The maximum Gasteiger partial charge on any atom is 0.337 e. The van der Waals surface area contributed by atoms with Crippen LogP contribution in [-0.4, -0.2) is 30.8 Å². The lowest BCUT2D eigenvalue weighted by Crippen LogP contribution is -2.03. The molecule has 2 heterocycles. The quantitative estimate of drug-likeness (QED) is 0.824. The molecule has 0 saturated heterocycles. The molecular weight excluding hydrogens is 220 g/mol. The molecule has 76 valence electrons. The molecule has 0 amide bonds. The van der Waals surface area contributed by atoms with E-state index in [9.17, 15) is 4.79 Å². The number of aromatic carboxylic acids is 1. The summed E-state index contributed by atoms with van der Waals surface area (Å²) in [5.41, 5.74) is -0.0165. The van der Waals surface area contributed by atoms with Gasteiger partial charge in [0.2, 0.25) is 0 Å². The molecule has 1 N–H and O–H groups in total. The Bertz CT molecular complexity index is 497. The molecule has 0 atom stereocenters. The Labute approximate surface area is 89.2 Å². The van der Waals surface area contributed by atoms with Crippen LogP contribution >= 0.6 is 11.6 Å². The van der Waals surface area contributed by atoms with Gasteiger partial charge in [0.15, 0.2) is 5.82 Å². The van der Waals surface area contributed by atoms with Gasteiger partial charge in [0.1, 0.15) is 12.7 Å². The van der Waals surface area contributed by atoms with Crippen molar-refractivity contribution in [3.63, 3.8) is 0 Å². The van der Waals surface area contributed by atoms with Crippen LogP contribution in [-0.2, 0) is 0 Å². The Hall–Kier alpha value is -1.95. The summed E-state index contributed by atoms with van der Waals surface area (Å²) in [6, 6.07) is 1.33. The van der Waals surface area contributed by atoms with Gasteiger partial charge < -0.3 is 5.11 Å². The van der Waals surface area contributed by atoms with Crippen LogP contribution in [0.2, 0.25) is 5.02 Å². The first-order valence-corrected chi connectivity index (χ1v) is 4.30. The molecule has 0 bridgehead atoms. The Balaban J connectivity index is 2.52. The predicted molar refractivity (Wildman–Crippen MR) is 51.1 cm³/mol. The van der Waals surface area contributed by atoms with Crippen molar-refractivity contribution < 1.29 is 9.90 Å². The van der Waals surface area contributed by atoms with E-state index in [2.05, 4.69) is 15.1 Å². The lowest BCUT2D eigenvalue weighted by Gasteiger charge is -2.02. The summed E-state index contributed by atoms with van der Waals surface area (Å²) >= 11 is 5.66. The summed E-state index contributed by atoms with van der Waals surface area (Å²) in [7, 11) is 0. The molecule has 2 rings (SSSR count). The molecule has 0 aliphatic heterocycles. The van der Waals surface area contributed by atoms with Gasteiger partial charge in [-0.15, -0.1) is 0 Å². The van der Waals surface area contributed by atoms with E-state index in [0.717, 1.165) is 0 Å². The molecule has 0 fully saturated rings. The van der Waals surface area contributed by atoms with E-state index in [-0.39, 0.29) is 10.6 Å². The number of halogens is 1. The number of nitrogens with zero attached hydrogens (tertiary/aromatic N) is 4. The Kier molecular flexibility index (Phi) is 2.34. The minimum absolute atomic E-state index is 0.0165. The van der Waals surface area contributed by atoms with E-state index in [0.29, 0.717) is 5.82 Å². The van der Waals surface area contributed by atoms with Crippen molar-refractivity contribution in [2.45, 2.75) is 0 Å². The van der Waals surface area contributed by atoms with Crippen LogP contribution in [0.3, 0.4) is 0 Å². The maximum absolute atomic E-state index is 10.8. The lowest BCUT2D eigenvalue weighted by atomic mass is 10.2. The number of aromatic nitrogens is 4. The van der Waals surface area contributed by atoms with E-state index < -0.39 is 5.97 Å². The molecule has 0 aliphatic carbocycles. The number of carboxylic acids is 1. The summed E-state index contributed by atoms with van der Waals surface area (Å²) in [5, 5.41) is 12.7. The van der Waals surface area contributed by atoms with Gasteiger partial charge >= 0.3 is 5.97 Å². The molecule has 2 aromatic rings. The third-order valence-corrected chi connectivity index (χ3v) is 2.03. The van der Waals surface area contributed by atoms with E-state index in [1.165, 1.54) is 29.6 Å². The van der Waals surface area contributed by atoms with Gasteiger partial charge in [-0.25, -0.2) is 19.4 Å². The highest BCUT2D eigenvalue weighted by Gasteiger charge is 2.11. The second-order valence-corrected chi connectivity index (χ2v) is 3.07. The third kappa shape index (κ3) is 1.79. The van der Waals surface area contributed by atoms with Crippen LogP contribution in [0.4, 0.5) is 0 Å². The molecule has 0 saturated carbocycles. The highest BCUT2D eigenvalue weighted by atomic mass is 35.5. The van der Waals surface area contributed by atoms with Crippen molar-refractivity contribution in [2.75, 3.05) is 0 Å². The van der Waals surface area contributed by atoms with Gasteiger partial charge in [0.05, 0.1) is 10.6 Å². The highest BCUT2D eigenvalue weighted by Crippen LogP contribution is 2.16. The predicted octanol–water partition coefficient (Wildman–Crippen LogP) is 1.01. The average Bonchev–Trinajstić information content (AvgIpc) is 2.71. The Morgan fingerprint density at radius 2 is 2.33 bits per heavy atom. The summed E-state index contributed by atoms with van der Waals surface area (Å²) in [6.07, 6.45) is 4.01. The van der Waals surface area contributed by atoms with Crippen molar-refractivity contribution in [2.24, 2.45) is 0 Å². The molecule has 0 spiro atoms. The van der Waals surface area contributed by atoms with Crippen LogP contribution in [0.1, 0.15) is 10.4 Å². The number of hydrogen-bond donors (Lipinski definition) is 1. The van der Waals surface area contributed by atoms with Crippen LogP contribution < -0.4 is 0 Å². The van der Waals surface area contributed by atoms with E-state index in [4.69, 9.17) is 16.7 Å². The maximum atomic E-state index is 10.8. The summed E-state index contributed by atoms with van der Waals surface area (Å²) < 4.78 is 1.35. The van der Waals surface area contributed by atoms with Crippen LogP contribution in [0.25, 0.3) is 5.82 Å². The van der Waals surface area contributed by atoms with Crippen molar-refractivity contribution in [1.82, 2.24) is 19.7 Å². The number of rotatable bonds is 2. The SMILES string of the molecule is O=C(O)c1cc(-n2cncn2)ncc1Cl. The molecule has 15 heavy (non-hydrogen) atoms. The van der Waals surface area contributed by atoms with Crippen LogP contribution in [0.5, 0.6) is 0 Å². The molecule has 6 nitrogen and oxygen atoms in total. The molecule has 7 heteroatoms. The zero-order chi connectivity index (χ0) is 10.8. The van der Waals surface area contributed by atoms with Crippen molar-refractivity contribution in [3.8, 4) is 5.82 Å². The lowest BCUT2D eigenvalue weighted by molar-refractivity contribution is 0.0697. The zero-order valence-corrected chi connectivity index (χ0v) is 8.09. The second-order valence-electron chi connectivity index (χ2n) is 2.67. The summed E-state index contributed by atoms with van der Waals surface area (Å²) in [4.78, 5) is 18.4. The zero-order valence-electron chi connectivity index (χ0n) is 7.33. The van der Waals surface area contributed by atoms with Gasteiger partial charge in [0, 0.05) is 6.20 Å². The Morgan fingerprint density at radius 3 is 2.93 bits per heavy atom. The largest absolute Gasteiger partial charge is 0.478 e. The third-order valence-electron chi connectivity index (χ3n) is 1.72. The number of pyridine rings is 1. The normalized spacial score (nSPS) is 10.2. The van der Waals surface area contributed by atoms with E-state index in [1.807, 2.05) is 0 Å². The first-order valence-electron chi connectivity index (χ1n) is 3.92. The van der Waals surface area contributed by atoms with Crippen molar-refractivity contribution >= 4 is 17.6 Å². The van der Waals surface area contributed by atoms with Gasteiger partial charge in [-0.2, -0.15) is 5.10 Å². The second kappa shape index (κ2) is 3.66. The Morgan fingerprint density at radius 1 is 1.53 bits per heavy atom. The fraction of sp³-hybridized carbons (Fsp3) is 0. The first-order chi connectivity index (χ1) is 7.18. The topological polar surface area (TPSA) is 80.9 Å². The molecule has 0 aliphatic rings. The molecule has 0 aromatic carbocycles. The standard InChI is InChI=1S/C8H5ClN4O2/c9-6-2-11-7(1-5(6)8(14)15)13-4-10-3-12-13/h1-4H,(H,14,15). The fourth-order valence-electron chi connectivity index (χ4n) is 1.04. The fourth-order valence-corrected chi connectivity index (χ4v) is 1.23. The molecule has 0 unspecified atom stereocenters. The average molecular weight is 225 g/mol. The monoisotopic (exact) mass is 224 g/mol. The molecule has 2 aromatic heterocycles. The highest BCUT2D eigenvalue weighted by molar-refractivity contribution is 6.33. The van der Waals surface area contributed by atoms with Gasteiger partial charge in [0.25, 0.3) is 0 Å². The van der Waals surface area contributed by atoms with E-state index in [1.54, 1.807) is 0 Å². The first kappa shape index (κ1) is 9.60. The summed E-state index contributed by atoms with van der Waals surface area (Å²) in [6.45, 7) is 0. The number of carboxylic acid groups (broad SMARTS) is 1. The molecule has 0 radical (unpaired) electrons. The minimum atomic E-state index is -1.11. The van der Waals surface area contributed by atoms with Crippen LogP contribution in [0, 0.1) is 0 Å². The van der Waals surface area contributed by atoms with E-state index >= 15 is 0 Å². The number of hydrogen-bond acceptors (Lipinski definition) is 4. The van der Waals surface area contributed by atoms with Gasteiger partial charge in [-0.05, 0) is 6.07 Å². The van der Waals surface area contributed by atoms with Crippen LogP contribution in [0.15, 0.2) is 24.9 Å². The smallest absolute Gasteiger partial charge is 0.337 e. The number of carbonyl (C=O) groups is 1. The van der Waals surface area contributed by atoms with Crippen molar-refractivity contribution in [3.05, 3.63) is 35.5 Å². The van der Waals surface area contributed by atoms with Gasteiger partial charge in [-0.3, -0.25) is 0 Å². The minimum Gasteiger partial charge on any atom is -0.478 e. The van der Waals surface area contributed by atoms with Crippen molar-refractivity contribution in [1.29, 1.82) is 0 Å². The van der Waals surface area contributed by atoms with Gasteiger partial charge in [-0.1, -0.05) is 11.6 Å².